The fourth-order valence-electron chi connectivity index (χ4n) is 2.06. The molecule has 0 bridgehead atoms. The smallest absolute Gasteiger partial charge is 0.248 e. The van der Waals surface area contributed by atoms with Gasteiger partial charge < -0.3 is 20.3 Å². The highest BCUT2D eigenvalue weighted by Gasteiger charge is 2.26. The van der Waals surface area contributed by atoms with Crippen LogP contribution >= 0.6 is 12.4 Å². The van der Waals surface area contributed by atoms with Gasteiger partial charge in [0.2, 0.25) is 11.8 Å². The van der Waals surface area contributed by atoms with E-state index in [1.807, 2.05) is 6.92 Å². The van der Waals surface area contributed by atoms with Crippen molar-refractivity contribution in [3.63, 3.8) is 0 Å². The molecule has 2 N–H and O–H groups in total. The Morgan fingerprint density at radius 1 is 1.21 bits per heavy atom. The summed E-state index contributed by atoms with van der Waals surface area (Å²) in [5.41, 5.74) is 5.81. The number of hydrogen-bond acceptors (Lipinski definition) is 4. The molecule has 6 nitrogen and oxygen atoms in total. The molecule has 2 amide bonds. The second-order valence-corrected chi connectivity index (χ2v) is 4.53. The maximum Gasteiger partial charge on any atom is 0.248 e. The van der Waals surface area contributed by atoms with Gasteiger partial charge in [0.1, 0.15) is 6.61 Å². The maximum atomic E-state index is 12.0. The lowest BCUT2D eigenvalue weighted by molar-refractivity contribution is -0.142. The first-order chi connectivity index (χ1) is 8.60. The molecule has 1 fully saturated rings. The van der Waals surface area contributed by atoms with E-state index in [0.717, 1.165) is 6.42 Å². The molecule has 1 aliphatic heterocycles. The number of piperazine rings is 1. The molecule has 0 aliphatic carbocycles. The molecule has 1 atom stereocenters. The zero-order valence-electron chi connectivity index (χ0n) is 11.6. The van der Waals surface area contributed by atoms with Gasteiger partial charge >= 0.3 is 0 Å². The highest BCUT2D eigenvalue weighted by Crippen LogP contribution is 2.06. The van der Waals surface area contributed by atoms with E-state index in [1.54, 1.807) is 9.80 Å². The van der Waals surface area contributed by atoms with Crippen LogP contribution in [-0.2, 0) is 14.3 Å². The second-order valence-electron chi connectivity index (χ2n) is 4.53. The highest BCUT2D eigenvalue weighted by atomic mass is 35.5. The molecular formula is C12H24ClN3O3. The van der Waals surface area contributed by atoms with Gasteiger partial charge in [-0.25, -0.2) is 0 Å². The molecule has 1 heterocycles. The zero-order chi connectivity index (χ0) is 13.5. The van der Waals surface area contributed by atoms with Crippen molar-refractivity contribution < 1.29 is 14.3 Å². The van der Waals surface area contributed by atoms with E-state index < -0.39 is 6.04 Å². The highest BCUT2D eigenvalue weighted by molar-refractivity contribution is 5.85. The second kappa shape index (κ2) is 9.12. The predicted molar refractivity (Wildman–Crippen MR) is 75.2 cm³/mol. The summed E-state index contributed by atoms with van der Waals surface area (Å²) in [5, 5.41) is 0. The Morgan fingerprint density at radius 3 is 2.21 bits per heavy atom. The Morgan fingerprint density at radius 2 is 1.74 bits per heavy atom. The number of carbonyl (C=O) groups excluding carboxylic acids is 2. The number of nitrogens with zero attached hydrogens (tertiary/aromatic N) is 2. The third-order valence-electron chi connectivity index (χ3n) is 3.13. The van der Waals surface area contributed by atoms with Gasteiger partial charge in [-0.15, -0.1) is 12.4 Å². The number of halogens is 1. The van der Waals surface area contributed by atoms with Gasteiger partial charge in [0.05, 0.1) is 6.04 Å². The lowest BCUT2D eigenvalue weighted by atomic mass is 10.1. The quantitative estimate of drug-likeness (QED) is 0.765. The predicted octanol–water partition coefficient (Wildman–Crippen LogP) is -0.147. The van der Waals surface area contributed by atoms with Gasteiger partial charge in [-0.05, 0) is 6.42 Å². The van der Waals surface area contributed by atoms with Crippen LogP contribution in [0.2, 0.25) is 0 Å². The molecule has 0 spiro atoms. The number of nitrogens with two attached hydrogens (primary N) is 1. The van der Waals surface area contributed by atoms with Gasteiger partial charge in [-0.1, -0.05) is 13.3 Å². The lowest BCUT2D eigenvalue weighted by Crippen LogP contribution is -2.54. The van der Waals surface area contributed by atoms with Gasteiger partial charge in [-0.2, -0.15) is 0 Å². The van der Waals surface area contributed by atoms with Crippen molar-refractivity contribution >= 4 is 24.2 Å². The number of hydrogen-bond donors (Lipinski definition) is 1. The van der Waals surface area contributed by atoms with Crippen LogP contribution in [0.15, 0.2) is 0 Å². The third-order valence-corrected chi connectivity index (χ3v) is 3.13. The molecule has 1 rings (SSSR count). The van der Waals surface area contributed by atoms with Gasteiger partial charge in [0, 0.05) is 33.3 Å². The van der Waals surface area contributed by atoms with E-state index in [2.05, 4.69) is 0 Å². The van der Waals surface area contributed by atoms with Crippen LogP contribution in [0.25, 0.3) is 0 Å². The number of amides is 2. The molecule has 0 saturated carbocycles. The zero-order valence-corrected chi connectivity index (χ0v) is 12.4. The van der Waals surface area contributed by atoms with Crippen LogP contribution in [0, 0.1) is 0 Å². The SMILES string of the molecule is CCCC(N)C(=O)N1CCN(C(=O)COC)CC1.Cl. The molecule has 0 aromatic heterocycles. The van der Waals surface area contributed by atoms with Crippen LogP contribution in [0.4, 0.5) is 0 Å². The average molecular weight is 294 g/mol. The minimum absolute atomic E-state index is 0. The van der Waals surface area contributed by atoms with E-state index in [1.165, 1.54) is 7.11 Å². The van der Waals surface area contributed by atoms with E-state index in [-0.39, 0.29) is 30.8 Å². The fraction of sp³-hybridized carbons (Fsp3) is 0.833. The molecule has 0 aromatic rings. The topological polar surface area (TPSA) is 75.9 Å². The van der Waals surface area contributed by atoms with Crippen molar-refractivity contribution in [2.24, 2.45) is 5.73 Å². The molecule has 0 radical (unpaired) electrons. The third kappa shape index (κ3) is 5.34. The Balaban J connectivity index is 0.00000324. The lowest BCUT2D eigenvalue weighted by Gasteiger charge is -2.35. The summed E-state index contributed by atoms with van der Waals surface area (Å²) in [6.07, 6.45) is 1.61. The molecular weight excluding hydrogens is 270 g/mol. The number of ether oxygens (including phenoxy) is 1. The molecule has 19 heavy (non-hydrogen) atoms. The first-order valence-corrected chi connectivity index (χ1v) is 6.41. The minimum Gasteiger partial charge on any atom is -0.375 e. The molecule has 1 saturated heterocycles. The first kappa shape index (κ1) is 18.1. The summed E-state index contributed by atoms with van der Waals surface area (Å²) in [6.45, 7) is 4.36. The van der Waals surface area contributed by atoms with Crippen molar-refractivity contribution in [3.8, 4) is 0 Å². The Hall–Kier alpha value is -0.850. The monoisotopic (exact) mass is 293 g/mol. The Labute approximate surface area is 120 Å². The Kier molecular flexibility index (Phi) is 8.71. The normalized spacial score (nSPS) is 16.8. The first-order valence-electron chi connectivity index (χ1n) is 6.41. The van der Waals surface area contributed by atoms with E-state index in [9.17, 15) is 9.59 Å². The summed E-state index contributed by atoms with van der Waals surface area (Å²) in [7, 11) is 1.50. The molecule has 1 aliphatic rings. The van der Waals surface area contributed by atoms with E-state index in [4.69, 9.17) is 10.5 Å². The fourth-order valence-corrected chi connectivity index (χ4v) is 2.06. The molecule has 0 aromatic carbocycles. The van der Waals surface area contributed by atoms with Crippen molar-refractivity contribution in [1.29, 1.82) is 0 Å². The van der Waals surface area contributed by atoms with E-state index >= 15 is 0 Å². The number of rotatable bonds is 5. The van der Waals surface area contributed by atoms with Crippen molar-refractivity contribution in [2.75, 3.05) is 39.9 Å². The standard InChI is InChI=1S/C12H23N3O3.ClH/c1-3-4-10(13)12(17)15-7-5-14(6-8-15)11(16)9-18-2;/h10H,3-9,13H2,1-2H3;1H. The van der Waals surface area contributed by atoms with Crippen LogP contribution in [-0.4, -0.2) is 67.6 Å². The molecule has 112 valence electrons. The summed E-state index contributed by atoms with van der Waals surface area (Å²) < 4.78 is 4.81. The van der Waals surface area contributed by atoms with E-state index in [0.29, 0.717) is 32.6 Å². The van der Waals surface area contributed by atoms with Crippen LogP contribution in [0.5, 0.6) is 0 Å². The number of carbonyl (C=O) groups is 2. The van der Waals surface area contributed by atoms with Crippen molar-refractivity contribution in [3.05, 3.63) is 0 Å². The summed E-state index contributed by atoms with van der Waals surface area (Å²) >= 11 is 0. The molecule has 1 unspecified atom stereocenters. The summed E-state index contributed by atoms with van der Waals surface area (Å²) in [6, 6.07) is -0.406. The van der Waals surface area contributed by atoms with Crippen LogP contribution in [0.3, 0.4) is 0 Å². The van der Waals surface area contributed by atoms with Crippen molar-refractivity contribution in [1.82, 2.24) is 9.80 Å². The van der Waals surface area contributed by atoms with Crippen LogP contribution < -0.4 is 5.73 Å². The van der Waals surface area contributed by atoms with Gasteiger partial charge in [0.15, 0.2) is 0 Å². The van der Waals surface area contributed by atoms with Crippen LogP contribution in [0.1, 0.15) is 19.8 Å². The van der Waals surface area contributed by atoms with Gasteiger partial charge in [0.25, 0.3) is 0 Å². The minimum atomic E-state index is -0.406. The summed E-state index contributed by atoms with van der Waals surface area (Å²) in [4.78, 5) is 27.0. The molecule has 7 heteroatoms. The average Bonchev–Trinajstić information content (AvgIpc) is 2.38. The van der Waals surface area contributed by atoms with Gasteiger partial charge in [-0.3, -0.25) is 9.59 Å². The van der Waals surface area contributed by atoms with Crippen molar-refractivity contribution in [2.45, 2.75) is 25.8 Å². The largest absolute Gasteiger partial charge is 0.375 e. The maximum absolute atomic E-state index is 12.0. The number of methoxy groups -OCH3 is 1. The Bertz CT molecular complexity index is 294. The summed E-state index contributed by atoms with van der Waals surface area (Å²) in [5.74, 6) is -0.0295.